The molecule has 0 aliphatic rings. The summed E-state index contributed by atoms with van der Waals surface area (Å²) in [7, 11) is 1.35. The number of hydrogen-bond acceptors (Lipinski definition) is 5. The summed E-state index contributed by atoms with van der Waals surface area (Å²) in [5.74, 6) is -0.699. The molecular weight excluding hydrogens is 264 g/mol. The Morgan fingerprint density at radius 2 is 2.21 bits per heavy atom. The maximum atomic E-state index is 12.2. The number of aromatic nitrogens is 1. The van der Waals surface area contributed by atoms with Crippen LogP contribution in [0.3, 0.4) is 0 Å². The van der Waals surface area contributed by atoms with Crippen molar-refractivity contribution in [1.82, 2.24) is 3.96 Å². The fraction of sp³-hybridized carbons (Fsp3) is 0.385. The van der Waals surface area contributed by atoms with Crippen LogP contribution in [0, 0.1) is 5.92 Å². The number of esters is 1. The SMILES string of the molecule is COC(=O)C(CCN)Cn1sc2ccccc2c1=O. The van der Waals surface area contributed by atoms with Crippen molar-refractivity contribution in [3.8, 4) is 0 Å². The van der Waals surface area contributed by atoms with Crippen molar-refractivity contribution >= 4 is 27.6 Å². The lowest BCUT2D eigenvalue weighted by atomic mass is 10.1. The van der Waals surface area contributed by atoms with Crippen molar-refractivity contribution in [2.45, 2.75) is 13.0 Å². The molecule has 0 bridgehead atoms. The second-order valence-corrected chi connectivity index (χ2v) is 5.31. The molecule has 0 fully saturated rings. The summed E-state index contributed by atoms with van der Waals surface area (Å²) in [5, 5.41) is 0.684. The topological polar surface area (TPSA) is 74.3 Å². The molecule has 5 nitrogen and oxygen atoms in total. The van der Waals surface area contributed by atoms with E-state index in [2.05, 4.69) is 0 Å². The lowest BCUT2D eigenvalue weighted by Crippen LogP contribution is -2.27. The van der Waals surface area contributed by atoms with E-state index in [1.54, 1.807) is 10.0 Å². The van der Waals surface area contributed by atoms with E-state index < -0.39 is 0 Å². The molecule has 1 aromatic heterocycles. The van der Waals surface area contributed by atoms with E-state index in [1.165, 1.54) is 18.6 Å². The smallest absolute Gasteiger partial charge is 0.310 e. The summed E-state index contributed by atoms with van der Waals surface area (Å²) in [6.07, 6.45) is 0.507. The second kappa shape index (κ2) is 5.99. The second-order valence-electron chi connectivity index (χ2n) is 4.25. The number of nitrogens with zero attached hydrogens (tertiary/aromatic N) is 1. The third-order valence-electron chi connectivity index (χ3n) is 2.99. The highest BCUT2D eigenvalue weighted by molar-refractivity contribution is 7.13. The van der Waals surface area contributed by atoms with Crippen LogP contribution < -0.4 is 11.3 Å². The number of fused-ring (bicyclic) bond motifs is 1. The predicted octanol–water partition coefficient (Wildman–Crippen LogP) is 1.20. The van der Waals surface area contributed by atoms with Crippen molar-refractivity contribution in [2.75, 3.05) is 13.7 Å². The molecule has 1 atom stereocenters. The molecule has 2 rings (SSSR count). The first-order valence-corrected chi connectivity index (χ1v) is 6.81. The molecule has 0 radical (unpaired) electrons. The van der Waals surface area contributed by atoms with Gasteiger partial charge in [-0.2, -0.15) is 0 Å². The van der Waals surface area contributed by atoms with Gasteiger partial charge in [0, 0.05) is 6.54 Å². The Morgan fingerprint density at radius 1 is 1.47 bits per heavy atom. The molecule has 0 saturated heterocycles. The minimum absolute atomic E-state index is 0.0634. The number of hydrogen-bond donors (Lipinski definition) is 1. The van der Waals surface area contributed by atoms with Crippen LogP contribution in [0.4, 0.5) is 0 Å². The lowest BCUT2D eigenvalue weighted by Gasteiger charge is -2.12. The summed E-state index contributed by atoms with van der Waals surface area (Å²) in [5.41, 5.74) is 5.43. The van der Waals surface area contributed by atoms with E-state index in [4.69, 9.17) is 10.5 Å². The van der Waals surface area contributed by atoms with Crippen molar-refractivity contribution in [2.24, 2.45) is 11.7 Å². The van der Waals surface area contributed by atoms with Crippen LogP contribution in [0.2, 0.25) is 0 Å². The molecule has 0 aliphatic heterocycles. The van der Waals surface area contributed by atoms with Gasteiger partial charge >= 0.3 is 5.97 Å². The van der Waals surface area contributed by atoms with Gasteiger partial charge in [-0.15, -0.1) is 0 Å². The average molecular weight is 280 g/mol. The first-order chi connectivity index (χ1) is 9.17. The molecule has 6 heteroatoms. The van der Waals surface area contributed by atoms with Crippen molar-refractivity contribution in [1.29, 1.82) is 0 Å². The molecule has 0 aliphatic carbocycles. The van der Waals surface area contributed by atoms with Gasteiger partial charge in [0.05, 0.1) is 23.1 Å². The monoisotopic (exact) mass is 280 g/mol. The van der Waals surface area contributed by atoms with Gasteiger partial charge in [-0.05, 0) is 25.1 Å². The molecule has 2 N–H and O–H groups in total. The minimum atomic E-state index is -0.374. The molecule has 1 aromatic carbocycles. The largest absolute Gasteiger partial charge is 0.469 e. The number of methoxy groups -OCH3 is 1. The quantitative estimate of drug-likeness (QED) is 0.835. The Morgan fingerprint density at radius 3 is 2.84 bits per heavy atom. The van der Waals surface area contributed by atoms with Gasteiger partial charge in [-0.3, -0.25) is 13.5 Å². The Balaban J connectivity index is 2.31. The summed E-state index contributed by atoms with van der Waals surface area (Å²) < 4.78 is 7.27. The summed E-state index contributed by atoms with van der Waals surface area (Å²) >= 11 is 1.36. The molecule has 102 valence electrons. The van der Waals surface area contributed by atoms with Crippen LogP contribution in [0.15, 0.2) is 29.1 Å². The first kappa shape index (κ1) is 13.8. The molecule has 2 aromatic rings. The fourth-order valence-corrected chi connectivity index (χ4v) is 3.06. The molecule has 19 heavy (non-hydrogen) atoms. The highest BCUT2D eigenvalue weighted by atomic mass is 32.1. The number of rotatable bonds is 5. The number of ether oxygens (including phenoxy) is 1. The van der Waals surface area contributed by atoms with Crippen molar-refractivity contribution < 1.29 is 9.53 Å². The molecule has 0 spiro atoms. The Kier molecular flexibility index (Phi) is 4.34. The summed E-state index contributed by atoms with van der Waals surface area (Å²) in [6.45, 7) is 0.710. The number of carbonyl (C=O) groups excluding carboxylic acids is 1. The molecular formula is C13H16N2O3S. The maximum Gasteiger partial charge on any atom is 0.310 e. The highest BCUT2D eigenvalue weighted by Crippen LogP contribution is 2.18. The first-order valence-electron chi connectivity index (χ1n) is 6.04. The highest BCUT2D eigenvalue weighted by Gasteiger charge is 2.20. The van der Waals surface area contributed by atoms with Gasteiger partial charge in [-0.25, -0.2) is 0 Å². The van der Waals surface area contributed by atoms with E-state index >= 15 is 0 Å². The van der Waals surface area contributed by atoms with Gasteiger partial charge < -0.3 is 10.5 Å². The van der Waals surface area contributed by atoms with Gasteiger partial charge in [0.15, 0.2) is 0 Å². The summed E-state index contributed by atoms with van der Waals surface area (Å²) in [6, 6.07) is 7.41. The zero-order valence-electron chi connectivity index (χ0n) is 10.7. The standard InChI is InChI=1S/C13H16N2O3S/c1-18-13(17)9(6-7-14)8-15-12(16)10-4-2-3-5-11(10)19-15/h2-5,9H,6-8,14H2,1H3. The Labute approximate surface area is 114 Å². The fourth-order valence-electron chi connectivity index (χ4n) is 1.99. The van der Waals surface area contributed by atoms with Crippen LogP contribution in [0.25, 0.3) is 10.1 Å². The molecule has 1 unspecified atom stereocenters. The van der Waals surface area contributed by atoms with E-state index in [1.807, 2.05) is 18.2 Å². The minimum Gasteiger partial charge on any atom is -0.469 e. The molecule has 0 saturated carbocycles. The van der Waals surface area contributed by atoms with Crippen molar-refractivity contribution in [3.05, 3.63) is 34.6 Å². The molecule has 1 heterocycles. The van der Waals surface area contributed by atoms with Crippen LogP contribution >= 0.6 is 11.5 Å². The summed E-state index contributed by atoms with van der Waals surface area (Å²) in [4.78, 5) is 23.8. The lowest BCUT2D eigenvalue weighted by molar-refractivity contribution is -0.146. The third kappa shape index (κ3) is 2.85. The zero-order valence-corrected chi connectivity index (χ0v) is 11.5. The number of nitrogens with two attached hydrogens (primary N) is 1. The van der Waals surface area contributed by atoms with Crippen molar-refractivity contribution in [3.63, 3.8) is 0 Å². The number of carbonyl (C=O) groups is 1. The maximum absolute atomic E-state index is 12.2. The van der Waals surface area contributed by atoms with Gasteiger partial charge in [-0.1, -0.05) is 23.7 Å². The molecule has 0 amide bonds. The number of benzene rings is 1. The van der Waals surface area contributed by atoms with E-state index in [9.17, 15) is 9.59 Å². The van der Waals surface area contributed by atoms with E-state index in [-0.39, 0.29) is 17.4 Å². The van der Waals surface area contributed by atoms with Crippen LogP contribution in [-0.4, -0.2) is 23.6 Å². The van der Waals surface area contributed by atoms with Crippen LogP contribution in [0.5, 0.6) is 0 Å². The van der Waals surface area contributed by atoms with Crippen LogP contribution in [-0.2, 0) is 16.1 Å². The van der Waals surface area contributed by atoms with Gasteiger partial charge in [0.25, 0.3) is 5.56 Å². The van der Waals surface area contributed by atoms with Gasteiger partial charge in [0.1, 0.15) is 0 Å². The van der Waals surface area contributed by atoms with Gasteiger partial charge in [0.2, 0.25) is 0 Å². The average Bonchev–Trinajstić information content (AvgIpc) is 2.75. The Hall–Kier alpha value is -1.66. The normalized spacial score (nSPS) is 12.5. The zero-order chi connectivity index (χ0) is 13.8. The van der Waals surface area contributed by atoms with Crippen LogP contribution in [0.1, 0.15) is 6.42 Å². The predicted molar refractivity (Wildman–Crippen MR) is 75.3 cm³/mol. The van der Waals surface area contributed by atoms with E-state index in [0.717, 1.165) is 4.70 Å². The van der Waals surface area contributed by atoms with E-state index in [0.29, 0.717) is 24.9 Å². The Bertz CT molecular complexity index is 632. The third-order valence-corrected chi connectivity index (χ3v) is 4.08.